The lowest BCUT2D eigenvalue weighted by atomic mass is 10.0. The summed E-state index contributed by atoms with van der Waals surface area (Å²) in [7, 11) is -3.77. The number of benzene rings is 2. The number of carbonyl (C=O) groups excluding carboxylic acids is 1. The summed E-state index contributed by atoms with van der Waals surface area (Å²) in [6, 6.07) is 11.8. The van der Waals surface area contributed by atoms with Gasteiger partial charge in [0.05, 0.1) is 10.4 Å². The molecule has 0 fully saturated rings. The van der Waals surface area contributed by atoms with Crippen molar-refractivity contribution in [3.8, 4) is 0 Å². The third-order valence-electron chi connectivity index (χ3n) is 4.46. The number of rotatable bonds is 2. The van der Waals surface area contributed by atoms with Gasteiger partial charge in [0.15, 0.2) is 0 Å². The molecule has 5 nitrogen and oxygen atoms in total. The van der Waals surface area contributed by atoms with E-state index in [2.05, 4.69) is 11.9 Å². The molecule has 0 atom stereocenters. The van der Waals surface area contributed by atoms with E-state index in [9.17, 15) is 13.2 Å². The monoisotopic (exact) mass is 352 g/mol. The molecule has 1 aliphatic heterocycles. The van der Waals surface area contributed by atoms with Crippen molar-refractivity contribution in [2.45, 2.75) is 11.8 Å². The van der Waals surface area contributed by atoms with Crippen LogP contribution in [0.3, 0.4) is 0 Å². The van der Waals surface area contributed by atoms with Gasteiger partial charge in [-0.15, -0.1) is 0 Å². The first-order valence-corrected chi connectivity index (χ1v) is 9.26. The normalized spacial score (nSPS) is 14.4. The zero-order valence-corrected chi connectivity index (χ0v) is 14.4. The summed E-state index contributed by atoms with van der Waals surface area (Å²) >= 11 is 0. The van der Waals surface area contributed by atoms with Gasteiger partial charge in [-0.3, -0.25) is 4.79 Å². The van der Waals surface area contributed by atoms with E-state index in [-0.39, 0.29) is 17.3 Å². The fourth-order valence-corrected chi connectivity index (χ4v) is 4.48. The van der Waals surface area contributed by atoms with E-state index in [1.54, 1.807) is 48.7 Å². The molecule has 0 aliphatic carbocycles. The van der Waals surface area contributed by atoms with Crippen LogP contribution in [-0.2, 0) is 10.0 Å². The van der Waals surface area contributed by atoms with E-state index in [1.165, 1.54) is 3.97 Å². The van der Waals surface area contributed by atoms with Crippen molar-refractivity contribution in [3.63, 3.8) is 0 Å². The molecule has 0 unspecified atom stereocenters. The first-order chi connectivity index (χ1) is 11.9. The fourth-order valence-electron chi connectivity index (χ4n) is 3.12. The molecule has 4 rings (SSSR count). The smallest absolute Gasteiger partial charge is 0.268 e. The minimum atomic E-state index is -3.77. The van der Waals surface area contributed by atoms with Crippen LogP contribution in [-0.4, -0.2) is 24.8 Å². The van der Waals surface area contributed by atoms with E-state index >= 15 is 0 Å². The molecule has 2 aromatic carbocycles. The van der Waals surface area contributed by atoms with Crippen LogP contribution in [0.25, 0.3) is 16.5 Å². The second-order valence-corrected chi connectivity index (χ2v) is 7.96. The first-order valence-electron chi connectivity index (χ1n) is 7.82. The highest BCUT2D eigenvalue weighted by molar-refractivity contribution is 7.90. The third kappa shape index (κ3) is 2.29. The maximum Gasteiger partial charge on any atom is 0.268 e. The second kappa shape index (κ2) is 5.32. The maximum atomic E-state index is 13.1. The van der Waals surface area contributed by atoms with Crippen molar-refractivity contribution in [1.29, 1.82) is 0 Å². The Bertz CT molecular complexity index is 1140. The number of aromatic nitrogens is 1. The Morgan fingerprint density at radius 1 is 1.08 bits per heavy atom. The molecule has 25 heavy (non-hydrogen) atoms. The van der Waals surface area contributed by atoms with Crippen LogP contribution < -0.4 is 5.32 Å². The van der Waals surface area contributed by atoms with Crippen molar-refractivity contribution < 1.29 is 13.2 Å². The van der Waals surface area contributed by atoms with Gasteiger partial charge in [0.2, 0.25) is 0 Å². The zero-order valence-electron chi connectivity index (χ0n) is 13.6. The molecule has 1 amide bonds. The highest BCUT2D eigenvalue weighted by atomic mass is 32.2. The van der Waals surface area contributed by atoms with E-state index in [1.807, 2.05) is 6.92 Å². The average Bonchev–Trinajstić information content (AvgIpc) is 2.95. The minimum Gasteiger partial charge on any atom is -0.348 e. The summed E-state index contributed by atoms with van der Waals surface area (Å²) in [6.45, 7) is 6.18. The largest absolute Gasteiger partial charge is 0.348 e. The Kier molecular flexibility index (Phi) is 3.33. The van der Waals surface area contributed by atoms with Gasteiger partial charge in [0.1, 0.15) is 0 Å². The summed E-state index contributed by atoms with van der Waals surface area (Å²) in [5.41, 5.74) is 3.29. The molecule has 1 N–H and O–H groups in total. The minimum absolute atomic E-state index is 0.207. The van der Waals surface area contributed by atoms with Gasteiger partial charge in [-0.25, -0.2) is 12.4 Å². The molecular formula is C19H16N2O3S. The number of nitrogens with one attached hydrogen (secondary N) is 1. The second-order valence-electron chi connectivity index (χ2n) is 6.14. The summed E-state index contributed by atoms with van der Waals surface area (Å²) in [4.78, 5) is 12.5. The lowest BCUT2D eigenvalue weighted by Crippen LogP contribution is -2.23. The third-order valence-corrected chi connectivity index (χ3v) is 6.15. The topological polar surface area (TPSA) is 68.2 Å². The fraction of sp³-hybridized carbons (Fsp3) is 0.105. The Morgan fingerprint density at radius 2 is 1.80 bits per heavy atom. The van der Waals surface area contributed by atoms with Crippen molar-refractivity contribution in [2.24, 2.45) is 0 Å². The molecule has 1 aliphatic rings. The van der Waals surface area contributed by atoms with Gasteiger partial charge in [0, 0.05) is 29.3 Å². The molecule has 0 spiro atoms. The number of hydrogen-bond donors (Lipinski definition) is 1. The first kappa shape index (κ1) is 15.7. The van der Waals surface area contributed by atoms with E-state index in [0.29, 0.717) is 27.6 Å². The summed E-state index contributed by atoms with van der Waals surface area (Å²) in [5.74, 6) is -0.226. The van der Waals surface area contributed by atoms with E-state index < -0.39 is 10.0 Å². The maximum absolute atomic E-state index is 13.1. The van der Waals surface area contributed by atoms with Crippen LogP contribution >= 0.6 is 0 Å². The Labute approximate surface area is 145 Å². The number of nitrogens with zero attached hydrogens (tertiary/aromatic N) is 1. The molecule has 0 radical (unpaired) electrons. The van der Waals surface area contributed by atoms with Crippen molar-refractivity contribution in [1.82, 2.24) is 9.29 Å². The molecule has 0 bridgehead atoms. The average molecular weight is 352 g/mol. The van der Waals surface area contributed by atoms with Crippen LogP contribution in [0.1, 0.15) is 21.5 Å². The van der Waals surface area contributed by atoms with Crippen LogP contribution in [0.15, 0.2) is 60.1 Å². The number of aryl methyl sites for hydroxylation is 1. The molecule has 2 heterocycles. The van der Waals surface area contributed by atoms with Gasteiger partial charge >= 0.3 is 0 Å². The highest BCUT2D eigenvalue weighted by Crippen LogP contribution is 2.33. The summed E-state index contributed by atoms with van der Waals surface area (Å²) in [5, 5.41) is 3.41. The standard InChI is InChI=1S/C19H16N2O3S/c1-12-6-8-14(9-7-12)25(23,24)21-11-16-13(2)10-20-19(22)15-4-3-5-17(21)18(15)16/h3-9,11H,2,10H2,1H3,(H,20,22). The molecule has 0 saturated heterocycles. The summed E-state index contributed by atoms with van der Waals surface area (Å²) < 4.78 is 27.5. The van der Waals surface area contributed by atoms with Crippen LogP contribution in [0, 0.1) is 6.92 Å². The van der Waals surface area contributed by atoms with Crippen molar-refractivity contribution in [2.75, 3.05) is 6.54 Å². The van der Waals surface area contributed by atoms with Crippen molar-refractivity contribution in [3.05, 3.63) is 71.9 Å². The molecule has 6 heteroatoms. The molecule has 0 saturated carbocycles. The lowest BCUT2D eigenvalue weighted by molar-refractivity contribution is 0.0961. The van der Waals surface area contributed by atoms with Gasteiger partial charge in [0.25, 0.3) is 15.9 Å². The Balaban J connectivity index is 2.05. The van der Waals surface area contributed by atoms with Crippen LogP contribution in [0.2, 0.25) is 0 Å². The van der Waals surface area contributed by atoms with E-state index in [0.717, 1.165) is 5.56 Å². The Hall–Kier alpha value is -2.86. The van der Waals surface area contributed by atoms with Crippen molar-refractivity contribution >= 4 is 32.4 Å². The van der Waals surface area contributed by atoms with Gasteiger partial charge < -0.3 is 5.32 Å². The van der Waals surface area contributed by atoms with Gasteiger partial charge in [-0.1, -0.05) is 30.3 Å². The molecular weight excluding hydrogens is 336 g/mol. The lowest BCUT2D eigenvalue weighted by Gasteiger charge is -2.09. The van der Waals surface area contributed by atoms with E-state index in [4.69, 9.17) is 0 Å². The number of amides is 1. The predicted molar refractivity (Wildman–Crippen MR) is 97.1 cm³/mol. The zero-order chi connectivity index (χ0) is 17.8. The van der Waals surface area contributed by atoms with Gasteiger partial charge in [-0.05, 0) is 36.8 Å². The molecule has 3 aromatic rings. The highest BCUT2D eigenvalue weighted by Gasteiger charge is 2.26. The van der Waals surface area contributed by atoms with Crippen LogP contribution in [0.4, 0.5) is 0 Å². The predicted octanol–water partition coefficient (Wildman–Crippen LogP) is 2.94. The Morgan fingerprint density at radius 3 is 2.52 bits per heavy atom. The quantitative estimate of drug-likeness (QED) is 0.771. The SMILES string of the molecule is C=C1CNC(=O)c2cccc3c2c1cn3S(=O)(=O)c1ccc(C)cc1. The van der Waals surface area contributed by atoms with Gasteiger partial charge in [-0.2, -0.15) is 0 Å². The van der Waals surface area contributed by atoms with Crippen LogP contribution in [0.5, 0.6) is 0 Å². The number of hydrogen-bond acceptors (Lipinski definition) is 3. The molecule has 1 aromatic heterocycles. The summed E-state index contributed by atoms with van der Waals surface area (Å²) in [6.07, 6.45) is 1.56. The number of carbonyl (C=O) groups is 1. The molecule has 126 valence electrons.